The van der Waals surface area contributed by atoms with E-state index in [4.69, 9.17) is 28.9 Å². The molecule has 0 saturated heterocycles. The van der Waals surface area contributed by atoms with Crippen LogP contribution in [0.15, 0.2) is 46.3 Å². The minimum Gasteiger partial charge on any atom is -0.454 e. The van der Waals surface area contributed by atoms with Gasteiger partial charge >= 0.3 is 0 Å². The van der Waals surface area contributed by atoms with Gasteiger partial charge in [-0.25, -0.2) is 9.97 Å². The highest BCUT2D eigenvalue weighted by atomic mass is 32.2. The molecule has 4 aromatic rings. The van der Waals surface area contributed by atoms with Crippen LogP contribution in [-0.4, -0.2) is 53.3 Å². The van der Waals surface area contributed by atoms with Gasteiger partial charge in [-0.3, -0.25) is 9.69 Å². The summed E-state index contributed by atoms with van der Waals surface area (Å²) in [5.41, 5.74) is 5.68. The number of hydrogen-bond acceptors (Lipinski definition) is 9. The first-order valence-electron chi connectivity index (χ1n) is 11.8. The number of likely N-dealkylation sites (N-methyl/N-ethyl adjacent to an activating group) is 1. The van der Waals surface area contributed by atoms with E-state index in [0.29, 0.717) is 40.8 Å². The standard InChI is InChI=1S/C27H22N4O5S/c1-31-10-16(7-14-3-5-18-20(8-14)35-12-33-18)24-17(11-31)22(15-4-6-19-21(9-15)36-13-34-19)23-25(28-24)29-27(37-2)30-26(23)32/h3-9H,10-13H2,1-2H3,(H,28,29,30,32)/b16-7+. The number of benzene rings is 2. The number of nitrogens with one attached hydrogen (secondary N) is 1. The Morgan fingerprint density at radius 2 is 1.68 bits per heavy atom. The van der Waals surface area contributed by atoms with E-state index < -0.39 is 0 Å². The minimum absolute atomic E-state index is 0.179. The maximum atomic E-state index is 13.4. The average Bonchev–Trinajstić information content (AvgIpc) is 3.56. The van der Waals surface area contributed by atoms with Crippen LogP contribution in [0.5, 0.6) is 23.0 Å². The monoisotopic (exact) mass is 514 g/mol. The summed E-state index contributed by atoms with van der Waals surface area (Å²) in [4.78, 5) is 28.2. The Morgan fingerprint density at radius 1 is 0.946 bits per heavy atom. The summed E-state index contributed by atoms with van der Waals surface area (Å²) in [6, 6.07) is 11.7. The van der Waals surface area contributed by atoms with E-state index in [-0.39, 0.29) is 19.1 Å². The van der Waals surface area contributed by atoms with Crippen LogP contribution in [0, 0.1) is 0 Å². The molecular weight excluding hydrogens is 492 g/mol. The second-order valence-electron chi connectivity index (χ2n) is 9.11. The number of aromatic amines is 1. The fourth-order valence-corrected chi connectivity index (χ4v) is 5.46. The van der Waals surface area contributed by atoms with E-state index in [1.165, 1.54) is 11.8 Å². The van der Waals surface area contributed by atoms with Gasteiger partial charge in [-0.2, -0.15) is 0 Å². The molecule has 9 nitrogen and oxygen atoms in total. The van der Waals surface area contributed by atoms with Crippen LogP contribution in [-0.2, 0) is 6.54 Å². The number of H-pyrrole nitrogens is 1. The predicted molar refractivity (Wildman–Crippen MR) is 140 cm³/mol. The number of rotatable bonds is 3. The number of nitrogens with zero attached hydrogens (tertiary/aromatic N) is 3. The Kier molecular flexibility index (Phi) is 5.12. The number of pyridine rings is 1. The maximum Gasteiger partial charge on any atom is 0.261 e. The quantitative estimate of drug-likeness (QED) is 0.319. The molecule has 37 heavy (non-hydrogen) atoms. The van der Waals surface area contributed by atoms with Gasteiger partial charge in [0.05, 0.1) is 11.1 Å². The van der Waals surface area contributed by atoms with E-state index in [1.807, 2.05) is 42.7 Å². The van der Waals surface area contributed by atoms with Crippen LogP contribution in [0.4, 0.5) is 0 Å². The molecule has 1 N–H and O–H groups in total. The highest BCUT2D eigenvalue weighted by molar-refractivity contribution is 7.98. The summed E-state index contributed by atoms with van der Waals surface area (Å²) in [6.45, 7) is 1.73. The van der Waals surface area contributed by atoms with E-state index >= 15 is 0 Å². The Hall–Kier alpha value is -4.02. The van der Waals surface area contributed by atoms with Crippen molar-refractivity contribution in [2.45, 2.75) is 11.7 Å². The lowest BCUT2D eigenvalue weighted by Gasteiger charge is -2.29. The first-order valence-corrected chi connectivity index (χ1v) is 13.0. The normalized spacial score (nSPS) is 17.0. The Bertz CT molecular complexity index is 1680. The van der Waals surface area contributed by atoms with Crippen molar-refractivity contribution in [1.29, 1.82) is 0 Å². The Labute approximate surface area is 216 Å². The van der Waals surface area contributed by atoms with Gasteiger partial charge in [-0.15, -0.1) is 0 Å². The van der Waals surface area contributed by atoms with Gasteiger partial charge in [0.25, 0.3) is 5.56 Å². The number of ether oxygens (including phenoxy) is 4. The van der Waals surface area contributed by atoms with Crippen molar-refractivity contribution >= 4 is 34.4 Å². The van der Waals surface area contributed by atoms with Gasteiger partial charge in [0.2, 0.25) is 13.6 Å². The van der Waals surface area contributed by atoms with Crippen LogP contribution in [0.1, 0.15) is 16.8 Å². The molecule has 0 spiro atoms. The third kappa shape index (κ3) is 3.71. The predicted octanol–water partition coefficient (Wildman–Crippen LogP) is 4.15. The summed E-state index contributed by atoms with van der Waals surface area (Å²) >= 11 is 1.38. The lowest BCUT2D eigenvalue weighted by molar-refractivity contribution is 0.173. The fraction of sp³-hybridized carbons (Fsp3) is 0.222. The lowest BCUT2D eigenvalue weighted by Crippen LogP contribution is -2.28. The zero-order chi connectivity index (χ0) is 25.1. The van der Waals surface area contributed by atoms with Crippen LogP contribution >= 0.6 is 11.8 Å². The van der Waals surface area contributed by atoms with E-state index in [9.17, 15) is 4.79 Å². The topological polar surface area (TPSA) is 98.8 Å². The summed E-state index contributed by atoms with van der Waals surface area (Å²) in [6.07, 6.45) is 3.99. The second-order valence-corrected chi connectivity index (χ2v) is 9.91. The van der Waals surface area contributed by atoms with Gasteiger partial charge in [0, 0.05) is 24.2 Å². The minimum atomic E-state index is -0.216. The molecule has 0 fully saturated rings. The Balaban J connectivity index is 1.49. The number of aromatic nitrogens is 3. The summed E-state index contributed by atoms with van der Waals surface area (Å²) in [5, 5.41) is 0.990. The molecule has 2 aromatic heterocycles. The highest BCUT2D eigenvalue weighted by Gasteiger charge is 2.28. The van der Waals surface area contributed by atoms with Gasteiger partial charge in [0.1, 0.15) is 0 Å². The molecular formula is C27H22N4O5S. The van der Waals surface area contributed by atoms with Crippen LogP contribution in [0.3, 0.4) is 0 Å². The molecule has 186 valence electrons. The summed E-state index contributed by atoms with van der Waals surface area (Å²) < 4.78 is 22.2. The zero-order valence-corrected chi connectivity index (χ0v) is 21.0. The average molecular weight is 515 g/mol. The van der Waals surface area contributed by atoms with Crippen molar-refractivity contribution in [3.05, 3.63) is 63.6 Å². The number of thioether (sulfide) groups is 1. The first kappa shape index (κ1) is 22.2. The molecule has 0 saturated carbocycles. The van der Waals surface area contributed by atoms with Crippen molar-refractivity contribution in [3.8, 4) is 34.1 Å². The molecule has 3 aliphatic rings. The van der Waals surface area contributed by atoms with Gasteiger partial charge in [0.15, 0.2) is 33.8 Å². The molecule has 10 heteroatoms. The number of fused-ring (bicyclic) bond motifs is 4. The smallest absolute Gasteiger partial charge is 0.261 e. The number of hydrogen-bond donors (Lipinski definition) is 1. The van der Waals surface area contributed by atoms with Crippen LogP contribution < -0.4 is 24.5 Å². The Morgan fingerprint density at radius 3 is 2.46 bits per heavy atom. The highest BCUT2D eigenvalue weighted by Crippen LogP contribution is 2.42. The largest absolute Gasteiger partial charge is 0.454 e. The van der Waals surface area contributed by atoms with E-state index in [1.54, 1.807) is 0 Å². The summed E-state index contributed by atoms with van der Waals surface area (Å²) in [7, 11) is 2.06. The molecule has 0 bridgehead atoms. The van der Waals surface area contributed by atoms with Crippen LogP contribution in [0.2, 0.25) is 0 Å². The first-order chi connectivity index (χ1) is 18.1. The third-order valence-corrected chi connectivity index (χ3v) is 7.28. The van der Waals surface area contributed by atoms with Gasteiger partial charge in [-0.1, -0.05) is 23.9 Å². The van der Waals surface area contributed by atoms with Crippen molar-refractivity contribution in [3.63, 3.8) is 0 Å². The van der Waals surface area contributed by atoms with Crippen LogP contribution in [0.25, 0.3) is 33.8 Å². The van der Waals surface area contributed by atoms with E-state index in [2.05, 4.69) is 23.0 Å². The van der Waals surface area contributed by atoms with Crippen molar-refractivity contribution in [2.75, 3.05) is 33.4 Å². The molecule has 3 aliphatic heterocycles. The lowest BCUT2D eigenvalue weighted by atomic mass is 9.89. The molecule has 0 unspecified atom stereocenters. The van der Waals surface area contributed by atoms with Gasteiger partial charge < -0.3 is 23.9 Å². The summed E-state index contributed by atoms with van der Waals surface area (Å²) in [5.74, 6) is 2.81. The van der Waals surface area contributed by atoms with Gasteiger partial charge in [-0.05, 0) is 60.3 Å². The van der Waals surface area contributed by atoms with Crippen molar-refractivity contribution < 1.29 is 18.9 Å². The van der Waals surface area contributed by atoms with E-state index in [0.717, 1.165) is 45.0 Å². The molecule has 2 aromatic carbocycles. The zero-order valence-electron chi connectivity index (χ0n) is 20.2. The molecule has 0 amide bonds. The molecule has 0 radical (unpaired) electrons. The third-order valence-electron chi connectivity index (χ3n) is 6.70. The second kappa shape index (κ2) is 8.53. The molecule has 5 heterocycles. The molecule has 0 aliphatic carbocycles. The molecule has 7 rings (SSSR count). The SMILES string of the molecule is CSc1nc2nc3c(c(-c4ccc5c(c4)OCO5)c2c(=O)[nH]1)CN(C)C/C3=C\c1ccc2c(c1)OCO2. The van der Waals surface area contributed by atoms with Crippen molar-refractivity contribution in [1.82, 2.24) is 19.9 Å². The fourth-order valence-electron chi connectivity index (χ4n) is 5.09. The van der Waals surface area contributed by atoms with Crippen molar-refractivity contribution in [2.24, 2.45) is 0 Å². The molecule has 0 atom stereocenters. The maximum absolute atomic E-state index is 13.4.